The van der Waals surface area contributed by atoms with E-state index in [-0.39, 0.29) is 29.5 Å². The van der Waals surface area contributed by atoms with Gasteiger partial charge in [-0.3, -0.25) is 13.9 Å². The predicted octanol–water partition coefficient (Wildman–Crippen LogP) is 6.32. The van der Waals surface area contributed by atoms with E-state index >= 15 is 0 Å². The van der Waals surface area contributed by atoms with Crippen LogP contribution in [0.15, 0.2) is 108 Å². The summed E-state index contributed by atoms with van der Waals surface area (Å²) in [5.74, 6) is -0.802. The number of benzene rings is 4. The minimum absolute atomic E-state index is 0.0535. The van der Waals surface area contributed by atoms with Crippen LogP contribution in [0.2, 0.25) is 5.02 Å². The zero-order valence-electron chi connectivity index (χ0n) is 25.2. The van der Waals surface area contributed by atoms with E-state index < -0.39 is 28.5 Å². The number of amides is 2. The van der Waals surface area contributed by atoms with E-state index in [1.165, 1.54) is 17.0 Å². The highest BCUT2D eigenvalue weighted by atomic mass is 35.5. The van der Waals surface area contributed by atoms with Crippen molar-refractivity contribution in [3.8, 4) is 0 Å². The first kappa shape index (κ1) is 32.8. The van der Waals surface area contributed by atoms with Crippen molar-refractivity contribution in [3.63, 3.8) is 0 Å². The molecule has 2 amide bonds. The number of nitrogens with one attached hydrogen (secondary N) is 1. The summed E-state index contributed by atoms with van der Waals surface area (Å²) >= 11 is 6.13. The van der Waals surface area contributed by atoms with Gasteiger partial charge in [0, 0.05) is 24.5 Å². The fourth-order valence-electron chi connectivity index (χ4n) is 4.86. The first-order valence-electron chi connectivity index (χ1n) is 14.6. The Balaban J connectivity index is 1.80. The molecule has 0 heterocycles. The van der Waals surface area contributed by atoms with Gasteiger partial charge in [0.25, 0.3) is 10.0 Å². The molecule has 0 aliphatic rings. The summed E-state index contributed by atoms with van der Waals surface area (Å²) in [6.07, 6.45) is 0.994. The molecule has 9 heteroatoms. The van der Waals surface area contributed by atoms with Gasteiger partial charge in [-0.2, -0.15) is 0 Å². The van der Waals surface area contributed by atoms with Crippen LogP contribution in [0.25, 0.3) is 0 Å². The topological polar surface area (TPSA) is 86.8 Å². The number of rotatable bonds is 13. The number of anilines is 1. The molecule has 0 aliphatic carbocycles. The van der Waals surface area contributed by atoms with Crippen LogP contribution in [0, 0.1) is 13.8 Å². The first-order valence-corrected chi connectivity index (χ1v) is 16.4. The average Bonchev–Trinajstić information content (AvgIpc) is 3.02. The molecular formula is C35H38ClN3O4S. The molecule has 0 radical (unpaired) electrons. The maximum atomic E-state index is 14.5. The summed E-state index contributed by atoms with van der Waals surface area (Å²) in [5.41, 5.74) is 3.90. The Bertz CT molecular complexity index is 1660. The van der Waals surface area contributed by atoms with Crippen LogP contribution >= 0.6 is 11.6 Å². The Labute approximate surface area is 265 Å². The number of hydrogen-bond acceptors (Lipinski definition) is 4. The van der Waals surface area contributed by atoms with Gasteiger partial charge in [-0.1, -0.05) is 90.8 Å². The first-order chi connectivity index (χ1) is 21.1. The lowest BCUT2D eigenvalue weighted by atomic mass is 10.0. The van der Waals surface area contributed by atoms with Gasteiger partial charge in [-0.15, -0.1) is 0 Å². The van der Waals surface area contributed by atoms with E-state index in [0.29, 0.717) is 11.6 Å². The molecule has 0 spiro atoms. The molecule has 0 fully saturated rings. The molecule has 0 unspecified atom stereocenters. The summed E-state index contributed by atoms with van der Waals surface area (Å²) in [5, 5.41) is 3.40. The Hall–Kier alpha value is -4.14. The molecule has 4 rings (SSSR count). The molecule has 4 aromatic rings. The van der Waals surface area contributed by atoms with Crippen molar-refractivity contribution >= 4 is 39.1 Å². The van der Waals surface area contributed by atoms with Crippen molar-refractivity contribution in [3.05, 3.63) is 130 Å². The van der Waals surface area contributed by atoms with Crippen molar-refractivity contribution in [1.29, 1.82) is 0 Å². The smallest absolute Gasteiger partial charge is 0.264 e. The van der Waals surface area contributed by atoms with E-state index in [9.17, 15) is 18.0 Å². The number of carbonyl (C=O) groups excluding carboxylic acids is 2. The van der Waals surface area contributed by atoms with E-state index in [1.807, 2.05) is 75.4 Å². The molecular weight excluding hydrogens is 594 g/mol. The second kappa shape index (κ2) is 15.0. The SMILES string of the molecule is CCCNC(=O)[C@H](Cc1ccccc1)N(Cc1ccccc1C)C(=O)CN(c1ccc(Cl)cc1)S(=O)(=O)c1ccc(C)cc1. The van der Waals surface area contributed by atoms with Crippen LogP contribution in [-0.4, -0.2) is 44.3 Å². The van der Waals surface area contributed by atoms with Crippen molar-refractivity contribution < 1.29 is 18.0 Å². The molecule has 7 nitrogen and oxygen atoms in total. The van der Waals surface area contributed by atoms with Gasteiger partial charge < -0.3 is 10.2 Å². The van der Waals surface area contributed by atoms with Gasteiger partial charge >= 0.3 is 0 Å². The van der Waals surface area contributed by atoms with Gasteiger partial charge in [0.05, 0.1) is 10.6 Å². The van der Waals surface area contributed by atoms with E-state index in [2.05, 4.69) is 5.32 Å². The molecule has 1 N–H and O–H groups in total. The third-order valence-corrected chi connectivity index (χ3v) is 9.46. The molecule has 0 aliphatic heterocycles. The highest BCUT2D eigenvalue weighted by Crippen LogP contribution is 2.27. The maximum absolute atomic E-state index is 14.5. The second-order valence-electron chi connectivity index (χ2n) is 10.7. The monoisotopic (exact) mass is 631 g/mol. The van der Waals surface area contributed by atoms with Crippen LogP contribution in [0.5, 0.6) is 0 Å². The Morgan fingerprint density at radius 1 is 0.841 bits per heavy atom. The number of hydrogen-bond donors (Lipinski definition) is 1. The zero-order valence-corrected chi connectivity index (χ0v) is 26.8. The zero-order chi connectivity index (χ0) is 31.7. The average molecular weight is 632 g/mol. The molecule has 0 aromatic heterocycles. The van der Waals surface area contributed by atoms with Crippen molar-refractivity contribution in [2.75, 3.05) is 17.4 Å². The van der Waals surface area contributed by atoms with Gasteiger partial charge in [-0.05, 0) is 73.4 Å². The summed E-state index contributed by atoms with van der Waals surface area (Å²) in [7, 11) is -4.17. The lowest BCUT2D eigenvalue weighted by molar-refractivity contribution is -0.140. The Kier molecular flexibility index (Phi) is 11.2. The third kappa shape index (κ3) is 8.27. The summed E-state index contributed by atoms with van der Waals surface area (Å²) < 4.78 is 29.2. The molecule has 0 bridgehead atoms. The van der Waals surface area contributed by atoms with Crippen molar-refractivity contribution in [2.24, 2.45) is 0 Å². The number of halogens is 1. The van der Waals surface area contributed by atoms with Crippen LogP contribution in [0.1, 0.15) is 35.6 Å². The van der Waals surface area contributed by atoms with E-state index in [4.69, 9.17) is 11.6 Å². The Morgan fingerprint density at radius 2 is 1.48 bits per heavy atom. The van der Waals surface area contributed by atoms with Gasteiger partial charge in [0.2, 0.25) is 11.8 Å². The van der Waals surface area contributed by atoms with Crippen LogP contribution < -0.4 is 9.62 Å². The van der Waals surface area contributed by atoms with Crippen molar-refractivity contribution in [2.45, 2.75) is 51.1 Å². The Morgan fingerprint density at radius 3 is 2.11 bits per heavy atom. The van der Waals surface area contributed by atoms with Crippen LogP contribution in [0.3, 0.4) is 0 Å². The second-order valence-corrected chi connectivity index (χ2v) is 13.0. The van der Waals surface area contributed by atoms with Gasteiger partial charge in [0.1, 0.15) is 12.6 Å². The predicted molar refractivity (Wildman–Crippen MR) is 176 cm³/mol. The van der Waals surface area contributed by atoms with Gasteiger partial charge in [0.15, 0.2) is 0 Å². The van der Waals surface area contributed by atoms with E-state index in [1.54, 1.807) is 36.4 Å². The highest BCUT2D eigenvalue weighted by Gasteiger charge is 2.34. The largest absolute Gasteiger partial charge is 0.354 e. The molecule has 230 valence electrons. The molecule has 0 saturated heterocycles. The van der Waals surface area contributed by atoms with Gasteiger partial charge in [-0.25, -0.2) is 8.42 Å². The fourth-order valence-corrected chi connectivity index (χ4v) is 6.40. The minimum atomic E-state index is -4.17. The van der Waals surface area contributed by atoms with Crippen LogP contribution in [-0.2, 0) is 32.6 Å². The molecule has 44 heavy (non-hydrogen) atoms. The molecule has 1 atom stereocenters. The number of aryl methyl sites for hydroxylation is 2. The number of sulfonamides is 1. The third-order valence-electron chi connectivity index (χ3n) is 7.42. The lowest BCUT2D eigenvalue weighted by Crippen LogP contribution is -2.53. The lowest BCUT2D eigenvalue weighted by Gasteiger charge is -2.34. The normalized spacial score (nSPS) is 11.9. The number of carbonyl (C=O) groups is 2. The molecule has 0 saturated carbocycles. The fraction of sp³-hybridized carbons (Fsp3) is 0.257. The van der Waals surface area contributed by atoms with E-state index in [0.717, 1.165) is 33.0 Å². The maximum Gasteiger partial charge on any atom is 0.264 e. The highest BCUT2D eigenvalue weighted by molar-refractivity contribution is 7.92. The molecule has 4 aromatic carbocycles. The van der Waals surface area contributed by atoms with Crippen molar-refractivity contribution in [1.82, 2.24) is 10.2 Å². The number of nitrogens with zero attached hydrogens (tertiary/aromatic N) is 2. The van der Waals surface area contributed by atoms with Crippen LogP contribution in [0.4, 0.5) is 5.69 Å². The quantitative estimate of drug-likeness (QED) is 0.187. The summed E-state index contributed by atoms with van der Waals surface area (Å²) in [6.45, 7) is 5.84. The summed E-state index contributed by atoms with van der Waals surface area (Å²) in [6, 6.07) is 29.1. The minimum Gasteiger partial charge on any atom is -0.354 e. The standard InChI is InChI=1S/C35H38ClN3O4S/c1-4-22-37-35(41)33(23-28-11-6-5-7-12-28)38(24-29-13-9-8-10-27(29)3)34(40)25-39(31-18-16-30(36)17-19-31)44(42,43)32-20-14-26(2)15-21-32/h5-21,33H,4,22-25H2,1-3H3,(H,37,41)/t33-/m0/s1. The summed E-state index contributed by atoms with van der Waals surface area (Å²) in [4.78, 5) is 29.7.